The first-order valence-corrected chi connectivity index (χ1v) is 10.2. The zero-order valence-electron chi connectivity index (χ0n) is 15.5. The summed E-state index contributed by atoms with van der Waals surface area (Å²) in [6, 6.07) is 14.8. The molecule has 138 valence electrons. The summed E-state index contributed by atoms with van der Waals surface area (Å²) in [6.45, 7) is 0. The van der Waals surface area contributed by atoms with Crippen molar-refractivity contribution < 1.29 is 9.21 Å². The SMILES string of the molecule is O=C(NC1CCCCC1Cc1ccco1)c1ccc2c3c(cccc13)CC2. The van der Waals surface area contributed by atoms with Crippen molar-refractivity contribution in [2.24, 2.45) is 5.92 Å². The quantitative estimate of drug-likeness (QED) is 0.707. The van der Waals surface area contributed by atoms with E-state index in [1.807, 2.05) is 18.2 Å². The highest BCUT2D eigenvalue weighted by Gasteiger charge is 2.28. The average molecular weight is 359 g/mol. The highest BCUT2D eigenvalue weighted by atomic mass is 16.3. The Morgan fingerprint density at radius 3 is 2.70 bits per heavy atom. The van der Waals surface area contributed by atoms with Gasteiger partial charge in [0.25, 0.3) is 5.91 Å². The van der Waals surface area contributed by atoms with E-state index in [1.54, 1.807) is 6.26 Å². The fraction of sp³-hybridized carbons (Fsp3) is 0.375. The maximum atomic E-state index is 13.2. The second kappa shape index (κ2) is 6.88. The molecule has 3 aromatic rings. The van der Waals surface area contributed by atoms with E-state index in [2.05, 4.69) is 29.6 Å². The average Bonchev–Trinajstić information content (AvgIpc) is 3.35. The van der Waals surface area contributed by atoms with Crippen molar-refractivity contribution in [3.63, 3.8) is 0 Å². The zero-order chi connectivity index (χ0) is 18.2. The standard InChI is InChI=1S/C24H25NO2/c26-24(21-13-12-17-11-10-16-6-3-8-20(21)23(16)17)25-22-9-2-1-5-18(22)15-19-7-4-14-27-19/h3-4,6-8,12-14,18,22H,1-2,5,9-11,15H2,(H,25,26). The van der Waals surface area contributed by atoms with E-state index in [0.717, 1.165) is 48.8 Å². The molecule has 0 bridgehead atoms. The Balaban J connectivity index is 1.40. The van der Waals surface area contributed by atoms with Gasteiger partial charge in [-0.15, -0.1) is 0 Å². The van der Waals surface area contributed by atoms with E-state index in [1.165, 1.54) is 29.4 Å². The molecular formula is C24H25NO2. The van der Waals surface area contributed by atoms with Gasteiger partial charge in [-0.25, -0.2) is 0 Å². The number of benzene rings is 2. The van der Waals surface area contributed by atoms with Crippen LogP contribution >= 0.6 is 0 Å². The van der Waals surface area contributed by atoms with Crippen LogP contribution in [-0.2, 0) is 19.3 Å². The fourth-order valence-corrected chi connectivity index (χ4v) is 5.02. The molecule has 0 saturated heterocycles. The van der Waals surface area contributed by atoms with Gasteiger partial charge in [0.2, 0.25) is 0 Å². The third kappa shape index (κ3) is 3.05. The van der Waals surface area contributed by atoms with E-state index < -0.39 is 0 Å². The van der Waals surface area contributed by atoms with E-state index in [0.29, 0.717) is 5.92 Å². The van der Waals surface area contributed by atoms with Crippen LogP contribution in [0.3, 0.4) is 0 Å². The molecule has 1 amide bonds. The van der Waals surface area contributed by atoms with Crippen LogP contribution in [0.2, 0.25) is 0 Å². The first-order valence-electron chi connectivity index (χ1n) is 10.2. The Hall–Kier alpha value is -2.55. The molecule has 1 N–H and O–H groups in total. The van der Waals surface area contributed by atoms with Gasteiger partial charge in [0.1, 0.15) is 5.76 Å². The van der Waals surface area contributed by atoms with Crippen molar-refractivity contribution in [3.8, 4) is 0 Å². The highest BCUT2D eigenvalue weighted by molar-refractivity contribution is 6.09. The Labute approximate surface area is 159 Å². The number of hydrogen-bond acceptors (Lipinski definition) is 2. The first kappa shape index (κ1) is 16.6. The van der Waals surface area contributed by atoms with E-state index in [9.17, 15) is 4.79 Å². The number of rotatable bonds is 4. The van der Waals surface area contributed by atoms with Crippen molar-refractivity contribution >= 4 is 16.7 Å². The molecule has 3 nitrogen and oxygen atoms in total. The number of carbonyl (C=O) groups is 1. The molecule has 0 radical (unpaired) electrons. The van der Waals surface area contributed by atoms with Gasteiger partial charge in [-0.3, -0.25) is 4.79 Å². The molecule has 1 fully saturated rings. The molecular weight excluding hydrogens is 334 g/mol. The minimum atomic E-state index is 0.0712. The monoisotopic (exact) mass is 359 g/mol. The van der Waals surface area contributed by atoms with E-state index in [4.69, 9.17) is 4.42 Å². The maximum absolute atomic E-state index is 13.2. The van der Waals surface area contributed by atoms with Crippen molar-refractivity contribution in [2.45, 2.75) is 51.0 Å². The molecule has 0 aliphatic heterocycles. The second-order valence-electron chi connectivity index (χ2n) is 8.02. The molecule has 2 aromatic carbocycles. The fourth-order valence-electron chi connectivity index (χ4n) is 5.02. The van der Waals surface area contributed by atoms with Crippen molar-refractivity contribution in [1.82, 2.24) is 5.32 Å². The van der Waals surface area contributed by atoms with Crippen LogP contribution in [0, 0.1) is 5.92 Å². The van der Waals surface area contributed by atoms with Crippen LogP contribution in [0.15, 0.2) is 53.1 Å². The van der Waals surface area contributed by atoms with Crippen LogP contribution in [0.1, 0.15) is 52.9 Å². The number of carbonyl (C=O) groups excluding carboxylic acids is 1. The lowest BCUT2D eigenvalue weighted by Gasteiger charge is -2.32. The highest BCUT2D eigenvalue weighted by Crippen LogP contribution is 2.33. The van der Waals surface area contributed by atoms with Gasteiger partial charge in [-0.05, 0) is 71.7 Å². The third-order valence-electron chi connectivity index (χ3n) is 6.39. The maximum Gasteiger partial charge on any atom is 0.252 e. The lowest BCUT2D eigenvalue weighted by Crippen LogP contribution is -2.43. The van der Waals surface area contributed by atoms with Gasteiger partial charge in [-0.1, -0.05) is 37.1 Å². The molecule has 2 unspecified atom stereocenters. The summed E-state index contributed by atoms with van der Waals surface area (Å²) in [5.41, 5.74) is 3.58. The normalized spacial score (nSPS) is 21.5. The van der Waals surface area contributed by atoms with Crippen molar-refractivity contribution in [3.05, 3.63) is 71.2 Å². The van der Waals surface area contributed by atoms with Gasteiger partial charge < -0.3 is 9.73 Å². The van der Waals surface area contributed by atoms with Crippen LogP contribution < -0.4 is 5.32 Å². The Morgan fingerprint density at radius 1 is 1.00 bits per heavy atom. The predicted octanol–water partition coefficient (Wildman–Crippen LogP) is 5.06. The third-order valence-corrected chi connectivity index (χ3v) is 6.39. The summed E-state index contributed by atoms with van der Waals surface area (Å²) in [4.78, 5) is 13.2. The number of furan rings is 1. The first-order chi connectivity index (χ1) is 13.3. The van der Waals surface area contributed by atoms with Gasteiger partial charge in [0.05, 0.1) is 6.26 Å². The van der Waals surface area contributed by atoms with E-state index in [-0.39, 0.29) is 11.9 Å². The Morgan fingerprint density at radius 2 is 1.85 bits per heavy atom. The Bertz CT molecular complexity index is 963. The summed E-state index contributed by atoms with van der Waals surface area (Å²) in [5, 5.41) is 5.78. The molecule has 27 heavy (non-hydrogen) atoms. The topological polar surface area (TPSA) is 42.2 Å². The number of amides is 1. The van der Waals surface area contributed by atoms with Crippen LogP contribution in [0.25, 0.3) is 10.8 Å². The Kier molecular flexibility index (Phi) is 4.23. The van der Waals surface area contributed by atoms with Gasteiger partial charge >= 0.3 is 0 Å². The number of nitrogens with one attached hydrogen (secondary N) is 1. The minimum absolute atomic E-state index is 0.0712. The molecule has 1 saturated carbocycles. The van der Waals surface area contributed by atoms with Gasteiger partial charge in [-0.2, -0.15) is 0 Å². The summed E-state index contributed by atoms with van der Waals surface area (Å²) in [5.74, 6) is 1.54. The van der Waals surface area contributed by atoms with Gasteiger partial charge in [0, 0.05) is 18.0 Å². The number of hydrogen-bond donors (Lipinski definition) is 1. The van der Waals surface area contributed by atoms with Crippen LogP contribution in [0.5, 0.6) is 0 Å². The van der Waals surface area contributed by atoms with E-state index >= 15 is 0 Å². The number of aryl methyl sites for hydroxylation is 2. The molecule has 2 atom stereocenters. The summed E-state index contributed by atoms with van der Waals surface area (Å²) < 4.78 is 5.55. The molecule has 1 aromatic heterocycles. The predicted molar refractivity (Wildman–Crippen MR) is 107 cm³/mol. The largest absolute Gasteiger partial charge is 0.469 e. The molecule has 1 heterocycles. The summed E-state index contributed by atoms with van der Waals surface area (Å²) >= 11 is 0. The van der Waals surface area contributed by atoms with Crippen LogP contribution in [-0.4, -0.2) is 11.9 Å². The smallest absolute Gasteiger partial charge is 0.252 e. The lowest BCUT2D eigenvalue weighted by atomic mass is 9.81. The molecule has 5 rings (SSSR count). The van der Waals surface area contributed by atoms with Crippen molar-refractivity contribution in [1.29, 1.82) is 0 Å². The second-order valence-corrected chi connectivity index (χ2v) is 8.02. The lowest BCUT2D eigenvalue weighted by molar-refractivity contribution is 0.0905. The van der Waals surface area contributed by atoms with Gasteiger partial charge in [0.15, 0.2) is 0 Å². The summed E-state index contributed by atoms with van der Waals surface area (Å²) in [6.07, 6.45) is 9.44. The summed E-state index contributed by atoms with van der Waals surface area (Å²) in [7, 11) is 0. The molecule has 2 aliphatic rings. The molecule has 2 aliphatic carbocycles. The molecule has 3 heteroatoms. The molecule has 0 spiro atoms. The van der Waals surface area contributed by atoms with Crippen molar-refractivity contribution in [2.75, 3.05) is 0 Å². The van der Waals surface area contributed by atoms with Crippen LogP contribution in [0.4, 0.5) is 0 Å². The minimum Gasteiger partial charge on any atom is -0.469 e. The zero-order valence-corrected chi connectivity index (χ0v) is 15.5.